The number of nitrogens with zero attached hydrogens (tertiary/aromatic N) is 2. The Bertz CT molecular complexity index is 496. The van der Waals surface area contributed by atoms with E-state index in [1.54, 1.807) is 6.92 Å². The molecule has 0 aliphatic carbocycles. The molecule has 0 unspecified atom stereocenters. The molecular formula is C11H12BrN3O. The second-order valence-corrected chi connectivity index (χ2v) is 4.35. The minimum Gasteiger partial charge on any atom is -0.377 e. The first-order valence-electron chi connectivity index (χ1n) is 4.95. The van der Waals surface area contributed by atoms with Gasteiger partial charge in [0.1, 0.15) is 0 Å². The second kappa shape index (κ2) is 4.65. The number of halogens is 1. The van der Waals surface area contributed by atoms with E-state index in [4.69, 9.17) is 4.52 Å². The van der Waals surface area contributed by atoms with Crippen molar-refractivity contribution >= 4 is 21.6 Å². The first-order chi connectivity index (χ1) is 7.66. The van der Waals surface area contributed by atoms with Gasteiger partial charge in [-0.25, -0.2) is 0 Å². The van der Waals surface area contributed by atoms with Crippen LogP contribution in [-0.2, 0) is 6.54 Å². The van der Waals surface area contributed by atoms with Gasteiger partial charge in [-0.2, -0.15) is 4.98 Å². The third-order valence-corrected chi connectivity index (χ3v) is 3.13. The van der Waals surface area contributed by atoms with Crippen LogP contribution in [0.15, 0.2) is 27.2 Å². The van der Waals surface area contributed by atoms with Gasteiger partial charge in [0.2, 0.25) is 5.89 Å². The molecule has 0 saturated heterocycles. The molecule has 0 radical (unpaired) electrons. The summed E-state index contributed by atoms with van der Waals surface area (Å²) in [4.78, 5) is 4.13. The van der Waals surface area contributed by atoms with Crippen molar-refractivity contribution in [2.75, 3.05) is 5.32 Å². The molecule has 0 aliphatic heterocycles. The average Bonchev–Trinajstić information content (AvgIpc) is 2.67. The molecule has 16 heavy (non-hydrogen) atoms. The lowest BCUT2D eigenvalue weighted by Crippen LogP contribution is -2.02. The monoisotopic (exact) mass is 281 g/mol. The average molecular weight is 282 g/mol. The number of hydrogen-bond donors (Lipinski definition) is 1. The van der Waals surface area contributed by atoms with Crippen molar-refractivity contribution in [3.8, 4) is 0 Å². The van der Waals surface area contributed by atoms with E-state index in [2.05, 4.69) is 31.4 Å². The summed E-state index contributed by atoms with van der Waals surface area (Å²) in [5, 5.41) is 7.09. The van der Waals surface area contributed by atoms with E-state index in [0.717, 1.165) is 10.2 Å². The molecule has 84 valence electrons. The summed E-state index contributed by atoms with van der Waals surface area (Å²) in [5.74, 6) is 1.25. The van der Waals surface area contributed by atoms with Gasteiger partial charge in [-0.15, -0.1) is 0 Å². The Labute approximate surface area is 102 Å². The lowest BCUT2D eigenvalue weighted by Gasteiger charge is -2.08. The van der Waals surface area contributed by atoms with Gasteiger partial charge in [-0.1, -0.05) is 27.2 Å². The maximum Gasteiger partial charge on any atom is 0.223 e. The van der Waals surface area contributed by atoms with E-state index in [0.29, 0.717) is 18.3 Å². The van der Waals surface area contributed by atoms with Crippen LogP contribution in [0.1, 0.15) is 17.3 Å². The molecular weight excluding hydrogens is 270 g/mol. The van der Waals surface area contributed by atoms with Crippen LogP contribution in [0.3, 0.4) is 0 Å². The maximum atomic E-state index is 4.90. The first-order valence-corrected chi connectivity index (χ1v) is 5.74. The van der Waals surface area contributed by atoms with Gasteiger partial charge in [0, 0.05) is 17.1 Å². The minimum atomic E-state index is 0.564. The molecule has 4 nitrogen and oxygen atoms in total. The molecule has 2 aromatic rings. The van der Waals surface area contributed by atoms with Crippen molar-refractivity contribution in [3.05, 3.63) is 40.0 Å². The minimum absolute atomic E-state index is 0.564. The fourth-order valence-corrected chi connectivity index (χ4v) is 1.75. The highest BCUT2D eigenvalue weighted by Gasteiger charge is 2.04. The van der Waals surface area contributed by atoms with Gasteiger partial charge in [0.05, 0.1) is 6.54 Å². The molecule has 1 aromatic heterocycles. The van der Waals surface area contributed by atoms with Crippen molar-refractivity contribution in [2.24, 2.45) is 0 Å². The number of benzene rings is 1. The van der Waals surface area contributed by atoms with E-state index in [9.17, 15) is 0 Å². The molecule has 5 heteroatoms. The zero-order valence-electron chi connectivity index (χ0n) is 9.12. The summed E-state index contributed by atoms with van der Waals surface area (Å²) in [6, 6.07) is 6.02. The Morgan fingerprint density at radius 3 is 2.88 bits per heavy atom. The number of rotatable bonds is 3. The van der Waals surface area contributed by atoms with Crippen LogP contribution in [0.25, 0.3) is 0 Å². The summed E-state index contributed by atoms with van der Waals surface area (Å²) in [6.45, 7) is 4.39. The normalized spacial score (nSPS) is 10.4. The van der Waals surface area contributed by atoms with Crippen LogP contribution >= 0.6 is 15.9 Å². The Balaban J connectivity index is 2.07. The third-order valence-electron chi connectivity index (χ3n) is 2.27. The SMILES string of the molecule is Cc1nc(CNc2cccc(Br)c2C)no1. The van der Waals surface area contributed by atoms with Gasteiger partial charge in [-0.05, 0) is 24.6 Å². The van der Waals surface area contributed by atoms with E-state index >= 15 is 0 Å². The first kappa shape index (κ1) is 11.1. The molecule has 1 aromatic carbocycles. The van der Waals surface area contributed by atoms with E-state index in [-0.39, 0.29) is 0 Å². The Hall–Kier alpha value is -1.36. The molecule has 1 heterocycles. The van der Waals surface area contributed by atoms with Gasteiger partial charge in [0.25, 0.3) is 0 Å². The number of aryl methyl sites for hydroxylation is 1. The van der Waals surface area contributed by atoms with Crippen LogP contribution < -0.4 is 5.32 Å². The molecule has 0 amide bonds. The van der Waals surface area contributed by atoms with Crippen molar-refractivity contribution in [1.82, 2.24) is 10.1 Å². The summed E-state index contributed by atoms with van der Waals surface area (Å²) in [7, 11) is 0. The zero-order chi connectivity index (χ0) is 11.5. The number of nitrogens with one attached hydrogen (secondary N) is 1. The van der Waals surface area contributed by atoms with Crippen LogP contribution in [0.2, 0.25) is 0 Å². The van der Waals surface area contributed by atoms with Crippen LogP contribution in [0, 0.1) is 13.8 Å². The van der Waals surface area contributed by atoms with E-state index in [1.165, 1.54) is 5.56 Å². The van der Waals surface area contributed by atoms with Crippen LogP contribution in [-0.4, -0.2) is 10.1 Å². The summed E-state index contributed by atoms with van der Waals surface area (Å²) in [5.41, 5.74) is 2.24. The highest BCUT2D eigenvalue weighted by atomic mass is 79.9. The Morgan fingerprint density at radius 2 is 2.19 bits per heavy atom. The van der Waals surface area contributed by atoms with E-state index in [1.807, 2.05) is 25.1 Å². The smallest absolute Gasteiger partial charge is 0.223 e. The second-order valence-electron chi connectivity index (χ2n) is 3.50. The van der Waals surface area contributed by atoms with E-state index < -0.39 is 0 Å². The highest BCUT2D eigenvalue weighted by molar-refractivity contribution is 9.10. The molecule has 0 aliphatic rings. The fourth-order valence-electron chi connectivity index (χ4n) is 1.39. The van der Waals surface area contributed by atoms with Crippen LogP contribution in [0.4, 0.5) is 5.69 Å². The Kier molecular flexibility index (Phi) is 3.24. The topological polar surface area (TPSA) is 51.0 Å². The lowest BCUT2D eigenvalue weighted by molar-refractivity contribution is 0.388. The fraction of sp³-hybridized carbons (Fsp3) is 0.273. The lowest BCUT2D eigenvalue weighted by atomic mass is 10.2. The van der Waals surface area contributed by atoms with Crippen molar-refractivity contribution in [1.29, 1.82) is 0 Å². The molecule has 1 N–H and O–H groups in total. The third kappa shape index (κ3) is 2.41. The molecule has 0 saturated carbocycles. The Morgan fingerprint density at radius 1 is 1.38 bits per heavy atom. The van der Waals surface area contributed by atoms with Crippen molar-refractivity contribution < 1.29 is 4.52 Å². The predicted octanol–water partition coefficient (Wildman–Crippen LogP) is 3.06. The summed E-state index contributed by atoms with van der Waals surface area (Å²) < 4.78 is 5.98. The van der Waals surface area contributed by atoms with Crippen LogP contribution in [0.5, 0.6) is 0 Å². The van der Waals surface area contributed by atoms with Gasteiger partial charge >= 0.3 is 0 Å². The maximum absolute atomic E-state index is 4.90. The van der Waals surface area contributed by atoms with Crippen molar-refractivity contribution in [2.45, 2.75) is 20.4 Å². The molecule has 2 rings (SSSR count). The molecule has 0 bridgehead atoms. The van der Waals surface area contributed by atoms with Gasteiger partial charge < -0.3 is 9.84 Å². The predicted molar refractivity (Wildman–Crippen MR) is 65.2 cm³/mol. The summed E-state index contributed by atoms with van der Waals surface area (Å²) in [6.07, 6.45) is 0. The summed E-state index contributed by atoms with van der Waals surface area (Å²) >= 11 is 3.49. The van der Waals surface area contributed by atoms with Gasteiger partial charge in [-0.3, -0.25) is 0 Å². The number of aromatic nitrogens is 2. The number of anilines is 1. The largest absolute Gasteiger partial charge is 0.377 e. The zero-order valence-corrected chi connectivity index (χ0v) is 10.7. The highest BCUT2D eigenvalue weighted by Crippen LogP contribution is 2.23. The number of hydrogen-bond acceptors (Lipinski definition) is 4. The quantitative estimate of drug-likeness (QED) is 0.940. The molecule has 0 atom stereocenters. The van der Waals surface area contributed by atoms with Crippen molar-refractivity contribution in [3.63, 3.8) is 0 Å². The molecule has 0 fully saturated rings. The molecule has 0 spiro atoms. The standard InChI is InChI=1S/C11H12BrN3O/c1-7-9(12)4-3-5-10(7)13-6-11-14-8(2)16-15-11/h3-5,13H,6H2,1-2H3. The van der Waals surface area contributed by atoms with Gasteiger partial charge in [0.15, 0.2) is 5.82 Å².